The third kappa shape index (κ3) is 6.78. The van der Waals surface area contributed by atoms with E-state index in [1.165, 1.54) is 24.5 Å². The number of nitrogens with zero attached hydrogens (tertiary/aromatic N) is 5. The maximum atomic E-state index is 13.2. The first-order valence-corrected chi connectivity index (χ1v) is 9.31. The van der Waals surface area contributed by atoms with Gasteiger partial charge in [-0.25, -0.2) is 9.37 Å². The molecule has 0 radical (unpaired) electrons. The van der Waals surface area contributed by atoms with Crippen molar-refractivity contribution in [1.29, 1.82) is 0 Å². The standard InChI is InChI=1S/C19H23FN8O2/c1-28(2)7-4-8-30-19-22-12-21-18(25-19)24-16-10-15(26-27-16)11-17(29)23-14-6-3-5-13(20)9-14/h3,5-6,9-10,12H,4,7-8,11H2,1-2H3,(H,23,29)(H2,21,22,24,25,26,27). The van der Waals surface area contributed by atoms with Gasteiger partial charge in [-0.1, -0.05) is 6.07 Å². The molecule has 0 spiro atoms. The number of ether oxygens (including phenoxy) is 1. The van der Waals surface area contributed by atoms with Crippen molar-refractivity contribution in [2.75, 3.05) is 37.9 Å². The minimum atomic E-state index is -0.417. The first-order chi connectivity index (χ1) is 14.5. The van der Waals surface area contributed by atoms with Crippen LogP contribution in [-0.2, 0) is 11.2 Å². The van der Waals surface area contributed by atoms with Gasteiger partial charge in [-0.2, -0.15) is 15.1 Å². The number of benzene rings is 1. The highest BCUT2D eigenvalue weighted by atomic mass is 19.1. The van der Waals surface area contributed by atoms with Crippen molar-refractivity contribution in [3.8, 4) is 6.01 Å². The smallest absolute Gasteiger partial charge is 0.321 e. The summed E-state index contributed by atoms with van der Waals surface area (Å²) in [5.74, 6) is -0.00761. The molecule has 0 saturated carbocycles. The third-order valence-electron chi connectivity index (χ3n) is 3.86. The van der Waals surface area contributed by atoms with Crippen LogP contribution in [-0.4, -0.2) is 63.2 Å². The Morgan fingerprint density at radius 3 is 2.93 bits per heavy atom. The van der Waals surface area contributed by atoms with Crippen molar-refractivity contribution in [3.05, 3.63) is 48.2 Å². The molecule has 2 aromatic heterocycles. The average Bonchev–Trinajstić information content (AvgIpc) is 3.12. The van der Waals surface area contributed by atoms with Gasteiger partial charge < -0.3 is 20.3 Å². The van der Waals surface area contributed by atoms with Gasteiger partial charge in [0.2, 0.25) is 11.9 Å². The number of nitrogens with one attached hydrogen (secondary N) is 3. The normalized spacial score (nSPS) is 10.8. The van der Waals surface area contributed by atoms with E-state index in [9.17, 15) is 9.18 Å². The van der Waals surface area contributed by atoms with Crippen LogP contribution in [0, 0.1) is 5.82 Å². The SMILES string of the molecule is CN(C)CCCOc1ncnc(Nc2cc(CC(=O)Nc3cccc(F)c3)[nH]n2)n1. The molecule has 0 fully saturated rings. The van der Waals surface area contributed by atoms with Gasteiger partial charge >= 0.3 is 6.01 Å². The summed E-state index contributed by atoms with van der Waals surface area (Å²) in [4.78, 5) is 26.4. The number of anilines is 3. The summed E-state index contributed by atoms with van der Waals surface area (Å²) in [6.45, 7) is 1.40. The van der Waals surface area contributed by atoms with E-state index < -0.39 is 5.82 Å². The highest BCUT2D eigenvalue weighted by Gasteiger charge is 2.10. The van der Waals surface area contributed by atoms with Gasteiger partial charge in [-0.05, 0) is 38.7 Å². The van der Waals surface area contributed by atoms with Crippen LogP contribution in [0.2, 0.25) is 0 Å². The van der Waals surface area contributed by atoms with E-state index in [4.69, 9.17) is 4.74 Å². The molecule has 3 rings (SSSR count). The fourth-order valence-corrected chi connectivity index (χ4v) is 2.53. The van der Waals surface area contributed by atoms with E-state index in [1.807, 2.05) is 14.1 Å². The fraction of sp³-hybridized carbons (Fsp3) is 0.316. The summed E-state index contributed by atoms with van der Waals surface area (Å²) in [5.41, 5.74) is 0.960. The highest BCUT2D eigenvalue weighted by Crippen LogP contribution is 2.14. The lowest BCUT2D eigenvalue weighted by molar-refractivity contribution is -0.115. The van der Waals surface area contributed by atoms with Crippen LogP contribution in [0.5, 0.6) is 6.01 Å². The summed E-state index contributed by atoms with van der Waals surface area (Å²) < 4.78 is 18.7. The van der Waals surface area contributed by atoms with Crippen LogP contribution in [0.25, 0.3) is 0 Å². The largest absolute Gasteiger partial charge is 0.463 e. The first-order valence-electron chi connectivity index (χ1n) is 9.31. The van der Waals surface area contributed by atoms with Gasteiger partial charge in [-0.3, -0.25) is 9.89 Å². The number of hydrogen-bond donors (Lipinski definition) is 3. The number of aromatic amines is 1. The fourth-order valence-electron chi connectivity index (χ4n) is 2.53. The lowest BCUT2D eigenvalue weighted by Crippen LogP contribution is -2.16. The Hall–Kier alpha value is -3.60. The Morgan fingerprint density at radius 2 is 2.13 bits per heavy atom. The Kier molecular flexibility index (Phi) is 7.22. The molecule has 0 atom stereocenters. The topological polar surface area (TPSA) is 121 Å². The Labute approximate surface area is 172 Å². The summed E-state index contributed by atoms with van der Waals surface area (Å²) in [5, 5.41) is 12.4. The molecular formula is C19H23FN8O2. The van der Waals surface area contributed by atoms with E-state index in [1.54, 1.807) is 12.1 Å². The lowest BCUT2D eigenvalue weighted by Gasteiger charge is -2.09. The monoisotopic (exact) mass is 414 g/mol. The van der Waals surface area contributed by atoms with Crippen molar-refractivity contribution < 1.29 is 13.9 Å². The molecule has 0 aliphatic rings. The van der Waals surface area contributed by atoms with Crippen LogP contribution in [0.15, 0.2) is 36.7 Å². The molecule has 3 aromatic rings. The van der Waals surface area contributed by atoms with Gasteiger partial charge in [0.15, 0.2) is 5.82 Å². The van der Waals surface area contributed by atoms with Crippen molar-refractivity contribution in [3.63, 3.8) is 0 Å². The Morgan fingerprint density at radius 1 is 1.27 bits per heavy atom. The van der Waals surface area contributed by atoms with Crippen LogP contribution in [0.1, 0.15) is 12.1 Å². The molecule has 3 N–H and O–H groups in total. The summed E-state index contributed by atoms with van der Waals surface area (Å²) in [6.07, 6.45) is 2.24. The number of carbonyl (C=O) groups is 1. The number of rotatable bonds is 10. The zero-order valence-electron chi connectivity index (χ0n) is 16.7. The number of H-pyrrole nitrogens is 1. The molecule has 2 heterocycles. The molecular weight excluding hydrogens is 391 g/mol. The van der Waals surface area contributed by atoms with Crippen molar-refractivity contribution in [2.24, 2.45) is 0 Å². The van der Waals surface area contributed by atoms with Gasteiger partial charge in [-0.15, -0.1) is 0 Å². The summed E-state index contributed by atoms with van der Waals surface area (Å²) in [7, 11) is 3.99. The maximum absolute atomic E-state index is 13.2. The number of hydrogen-bond acceptors (Lipinski definition) is 8. The average molecular weight is 414 g/mol. The first kappa shape index (κ1) is 21.1. The van der Waals surface area contributed by atoms with Crippen molar-refractivity contribution in [1.82, 2.24) is 30.0 Å². The van der Waals surface area contributed by atoms with Crippen molar-refractivity contribution in [2.45, 2.75) is 12.8 Å². The van der Waals surface area contributed by atoms with Crippen LogP contribution in [0.4, 0.5) is 21.8 Å². The molecule has 30 heavy (non-hydrogen) atoms. The predicted molar refractivity (Wildman–Crippen MR) is 109 cm³/mol. The maximum Gasteiger partial charge on any atom is 0.321 e. The predicted octanol–water partition coefficient (Wildman–Crippen LogP) is 1.99. The second kappa shape index (κ2) is 10.3. The van der Waals surface area contributed by atoms with Gasteiger partial charge in [0.05, 0.1) is 13.0 Å². The number of amides is 1. The van der Waals surface area contributed by atoms with Crippen LogP contribution in [0.3, 0.4) is 0 Å². The van der Waals surface area contributed by atoms with E-state index in [2.05, 4.69) is 40.7 Å². The molecule has 0 aliphatic carbocycles. The molecule has 11 heteroatoms. The van der Waals surface area contributed by atoms with Crippen molar-refractivity contribution >= 4 is 23.4 Å². The number of aromatic nitrogens is 5. The van der Waals surface area contributed by atoms with Crippen LogP contribution >= 0.6 is 0 Å². The molecule has 0 unspecified atom stereocenters. The summed E-state index contributed by atoms with van der Waals surface area (Å²) >= 11 is 0. The van der Waals surface area contributed by atoms with Gasteiger partial charge in [0.1, 0.15) is 12.1 Å². The minimum absolute atomic E-state index is 0.0443. The second-order valence-corrected chi connectivity index (χ2v) is 6.74. The van der Waals surface area contributed by atoms with Crippen LogP contribution < -0.4 is 15.4 Å². The second-order valence-electron chi connectivity index (χ2n) is 6.74. The summed E-state index contributed by atoms with van der Waals surface area (Å²) in [6, 6.07) is 7.58. The zero-order chi connectivity index (χ0) is 21.3. The van der Waals surface area contributed by atoms with E-state index in [0.29, 0.717) is 23.8 Å². The number of carbonyl (C=O) groups excluding carboxylic acids is 1. The number of halogens is 1. The Balaban J connectivity index is 1.51. The zero-order valence-corrected chi connectivity index (χ0v) is 16.7. The molecule has 0 saturated heterocycles. The quantitative estimate of drug-likeness (QED) is 0.431. The molecule has 158 valence electrons. The minimum Gasteiger partial charge on any atom is -0.463 e. The van der Waals surface area contributed by atoms with Gasteiger partial charge in [0, 0.05) is 24.0 Å². The molecule has 0 aliphatic heterocycles. The van der Waals surface area contributed by atoms with E-state index in [-0.39, 0.29) is 24.3 Å². The third-order valence-corrected chi connectivity index (χ3v) is 3.86. The Bertz CT molecular complexity index is 978. The van der Waals surface area contributed by atoms with Gasteiger partial charge in [0.25, 0.3) is 0 Å². The molecule has 10 nitrogen and oxygen atoms in total. The van der Waals surface area contributed by atoms with E-state index >= 15 is 0 Å². The highest BCUT2D eigenvalue weighted by molar-refractivity contribution is 5.92. The molecule has 0 bridgehead atoms. The molecule has 1 aromatic carbocycles. The van der Waals surface area contributed by atoms with E-state index in [0.717, 1.165) is 13.0 Å². The lowest BCUT2D eigenvalue weighted by atomic mass is 10.2. The molecule has 1 amide bonds.